The first-order valence-electron chi connectivity index (χ1n) is 9.95. The summed E-state index contributed by atoms with van der Waals surface area (Å²) in [5.74, 6) is -0.307. The van der Waals surface area contributed by atoms with Crippen LogP contribution in [-0.4, -0.2) is 27.6 Å². The van der Waals surface area contributed by atoms with Crippen LogP contribution in [0.2, 0.25) is 0 Å². The Morgan fingerprint density at radius 2 is 1.77 bits per heavy atom. The predicted octanol–water partition coefficient (Wildman–Crippen LogP) is 5.76. The number of thioether (sulfide) groups is 1. The Labute approximate surface area is 194 Å². The van der Waals surface area contributed by atoms with Gasteiger partial charge in [0, 0.05) is 16.6 Å². The molecule has 0 saturated carbocycles. The van der Waals surface area contributed by atoms with Crippen molar-refractivity contribution in [3.8, 4) is 0 Å². The van der Waals surface area contributed by atoms with Gasteiger partial charge in [-0.25, -0.2) is 0 Å². The number of halogens is 1. The Bertz CT molecular complexity index is 1050. The van der Waals surface area contributed by atoms with Crippen LogP contribution in [-0.2, 0) is 16.1 Å². The summed E-state index contributed by atoms with van der Waals surface area (Å²) in [6.45, 7) is 3.18. The molecular formula is C23H21BrN2O2S2. The van der Waals surface area contributed by atoms with Crippen molar-refractivity contribution < 1.29 is 9.59 Å². The number of benzene rings is 2. The van der Waals surface area contributed by atoms with E-state index in [0.717, 1.165) is 40.5 Å². The van der Waals surface area contributed by atoms with Gasteiger partial charge in [0.2, 0.25) is 0 Å². The molecule has 2 heterocycles. The van der Waals surface area contributed by atoms with Gasteiger partial charge in [0.1, 0.15) is 4.32 Å². The number of amides is 2. The second-order valence-electron chi connectivity index (χ2n) is 7.27. The molecular weight excluding hydrogens is 480 g/mol. The molecule has 0 aromatic heterocycles. The third-order valence-corrected chi connectivity index (χ3v) is 7.16. The first-order chi connectivity index (χ1) is 14.5. The van der Waals surface area contributed by atoms with E-state index < -0.39 is 0 Å². The Hall–Kier alpha value is -1.96. The highest BCUT2D eigenvalue weighted by Gasteiger charge is 2.41. The molecule has 0 radical (unpaired) electrons. The zero-order valence-electron chi connectivity index (χ0n) is 16.6. The summed E-state index contributed by atoms with van der Waals surface area (Å²) in [7, 11) is 0. The summed E-state index contributed by atoms with van der Waals surface area (Å²) in [6.07, 6.45) is 3.02. The van der Waals surface area contributed by atoms with Crippen molar-refractivity contribution in [1.29, 1.82) is 0 Å². The molecule has 0 unspecified atom stereocenters. The van der Waals surface area contributed by atoms with Gasteiger partial charge in [0.25, 0.3) is 11.8 Å². The van der Waals surface area contributed by atoms with Crippen LogP contribution < -0.4 is 4.90 Å². The topological polar surface area (TPSA) is 40.6 Å². The molecule has 2 aromatic carbocycles. The van der Waals surface area contributed by atoms with E-state index in [1.165, 1.54) is 11.8 Å². The second-order valence-corrected chi connectivity index (χ2v) is 9.83. The Balaban J connectivity index is 1.73. The SMILES string of the molecule is CCCCCN1C(=O)C(=C2C(=O)N(Cc3ccccc3)c3ccc(Br)cc32)SC1=S. The minimum Gasteiger partial charge on any atom is -0.303 e. The van der Waals surface area contributed by atoms with Gasteiger partial charge in [-0.3, -0.25) is 14.5 Å². The quantitative estimate of drug-likeness (QED) is 0.287. The first-order valence-corrected chi connectivity index (χ1v) is 12.0. The number of hydrogen-bond donors (Lipinski definition) is 0. The lowest BCUT2D eigenvalue weighted by molar-refractivity contribution is -0.122. The molecule has 2 aromatic rings. The van der Waals surface area contributed by atoms with Gasteiger partial charge in [-0.2, -0.15) is 0 Å². The summed E-state index contributed by atoms with van der Waals surface area (Å²) in [5.41, 5.74) is 3.09. The number of hydrogen-bond acceptors (Lipinski definition) is 4. The van der Waals surface area contributed by atoms with E-state index in [0.29, 0.717) is 27.9 Å². The summed E-state index contributed by atoms with van der Waals surface area (Å²) >= 11 is 10.2. The number of carbonyl (C=O) groups is 2. The minimum absolute atomic E-state index is 0.152. The van der Waals surface area contributed by atoms with E-state index in [9.17, 15) is 9.59 Å². The molecule has 154 valence electrons. The van der Waals surface area contributed by atoms with Crippen LogP contribution in [0.5, 0.6) is 0 Å². The van der Waals surface area contributed by atoms with Crippen LogP contribution in [0.1, 0.15) is 37.3 Å². The lowest BCUT2D eigenvalue weighted by Gasteiger charge is -2.17. The maximum absolute atomic E-state index is 13.5. The molecule has 0 atom stereocenters. The van der Waals surface area contributed by atoms with Gasteiger partial charge >= 0.3 is 0 Å². The van der Waals surface area contributed by atoms with Crippen molar-refractivity contribution in [2.24, 2.45) is 0 Å². The third kappa shape index (κ3) is 3.98. The van der Waals surface area contributed by atoms with Crippen molar-refractivity contribution in [2.45, 2.75) is 32.7 Å². The number of rotatable bonds is 6. The number of carbonyl (C=O) groups excluding carboxylic acids is 2. The van der Waals surface area contributed by atoms with E-state index in [2.05, 4.69) is 22.9 Å². The highest BCUT2D eigenvalue weighted by molar-refractivity contribution is 9.10. The fraction of sp³-hybridized carbons (Fsp3) is 0.261. The molecule has 7 heteroatoms. The van der Waals surface area contributed by atoms with Crippen LogP contribution in [0.4, 0.5) is 5.69 Å². The molecule has 0 N–H and O–H groups in total. The van der Waals surface area contributed by atoms with Crippen molar-refractivity contribution in [2.75, 3.05) is 11.4 Å². The maximum atomic E-state index is 13.5. The number of fused-ring (bicyclic) bond motifs is 1. The summed E-state index contributed by atoms with van der Waals surface area (Å²) < 4.78 is 1.40. The molecule has 4 rings (SSSR count). The van der Waals surface area contributed by atoms with E-state index in [1.807, 2.05) is 48.5 Å². The van der Waals surface area contributed by atoms with Crippen LogP contribution in [0.15, 0.2) is 57.9 Å². The maximum Gasteiger partial charge on any atom is 0.267 e. The van der Waals surface area contributed by atoms with Crippen molar-refractivity contribution in [1.82, 2.24) is 4.90 Å². The smallest absolute Gasteiger partial charge is 0.267 e. The van der Waals surface area contributed by atoms with Crippen molar-refractivity contribution in [3.63, 3.8) is 0 Å². The summed E-state index contributed by atoms with van der Waals surface area (Å²) in [4.78, 5) is 30.5. The Kier molecular flexibility index (Phi) is 6.41. The zero-order chi connectivity index (χ0) is 21.3. The average molecular weight is 501 g/mol. The van der Waals surface area contributed by atoms with E-state index >= 15 is 0 Å². The van der Waals surface area contributed by atoms with Crippen LogP contribution >= 0.6 is 39.9 Å². The Morgan fingerprint density at radius 3 is 2.50 bits per heavy atom. The van der Waals surface area contributed by atoms with Gasteiger partial charge in [-0.05, 0) is 30.2 Å². The number of nitrogens with zero attached hydrogens (tertiary/aromatic N) is 2. The van der Waals surface area contributed by atoms with Gasteiger partial charge in [-0.1, -0.05) is 90.0 Å². The van der Waals surface area contributed by atoms with Crippen LogP contribution in [0, 0.1) is 0 Å². The standard InChI is InChI=1S/C23H21BrN2O2S2/c1-2-3-7-12-25-22(28)20(30-23(25)29)19-17-13-16(24)10-11-18(17)26(21(19)27)14-15-8-5-4-6-9-15/h4-6,8-11,13H,2-3,7,12,14H2,1H3. The van der Waals surface area contributed by atoms with Gasteiger partial charge < -0.3 is 4.90 Å². The molecule has 2 amide bonds. The minimum atomic E-state index is -0.156. The summed E-state index contributed by atoms with van der Waals surface area (Å²) in [5, 5.41) is 0. The van der Waals surface area contributed by atoms with Crippen molar-refractivity contribution >= 4 is 67.3 Å². The molecule has 0 bridgehead atoms. The first kappa shape index (κ1) is 21.3. The van der Waals surface area contributed by atoms with Gasteiger partial charge in [0.15, 0.2) is 0 Å². The molecule has 1 fully saturated rings. The van der Waals surface area contributed by atoms with Gasteiger partial charge in [0.05, 0.1) is 22.7 Å². The van der Waals surface area contributed by atoms with E-state index in [4.69, 9.17) is 12.2 Å². The lowest BCUT2D eigenvalue weighted by atomic mass is 10.1. The molecule has 0 aliphatic carbocycles. The molecule has 4 nitrogen and oxygen atoms in total. The fourth-order valence-corrected chi connectivity index (χ4v) is 5.45. The van der Waals surface area contributed by atoms with E-state index in [-0.39, 0.29) is 11.8 Å². The number of anilines is 1. The Morgan fingerprint density at radius 1 is 1.00 bits per heavy atom. The van der Waals surface area contributed by atoms with E-state index in [1.54, 1.807) is 9.80 Å². The lowest BCUT2D eigenvalue weighted by Crippen LogP contribution is -2.30. The molecule has 2 aliphatic heterocycles. The highest BCUT2D eigenvalue weighted by Crippen LogP contribution is 2.45. The van der Waals surface area contributed by atoms with Crippen LogP contribution in [0.25, 0.3) is 5.57 Å². The molecule has 1 saturated heterocycles. The second kappa shape index (κ2) is 9.04. The highest BCUT2D eigenvalue weighted by atomic mass is 79.9. The normalized spacial score (nSPS) is 18.5. The largest absolute Gasteiger partial charge is 0.303 e. The molecule has 30 heavy (non-hydrogen) atoms. The van der Waals surface area contributed by atoms with Crippen molar-refractivity contribution in [3.05, 3.63) is 69.0 Å². The fourth-order valence-electron chi connectivity index (χ4n) is 3.71. The zero-order valence-corrected chi connectivity index (χ0v) is 19.8. The average Bonchev–Trinajstić information content (AvgIpc) is 3.16. The number of thiocarbonyl (C=S) groups is 1. The van der Waals surface area contributed by atoms with Gasteiger partial charge in [-0.15, -0.1) is 0 Å². The summed E-state index contributed by atoms with van der Waals surface area (Å²) in [6, 6.07) is 15.6. The third-order valence-electron chi connectivity index (χ3n) is 5.22. The molecule has 2 aliphatic rings. The molecule has 0 spiro atoms. The van der Waals surface area contributed by atoms with Crippen LogP contribution in [0.3, 0.4) is 0 Å². The predicted molar refractivity (Wildman–Crippen MR) is 130 cm³/mol. The monoisotopic (exact) mass is 500 g/mol. The number of unbranched alkanes of at least 4 members (excludes halogenated alkanes) is 2.